The Balaban J connectivity index is 1.84. The first-order chi connectivity index (χ1) is 8.83. The maximum Gasteiger partial charge on any atom is 0.157 e. The summed E-state index contributed by atoms with van der Waals surface area (Å²) in [4.78, 5) is 6.81. The summed E-state index contributed by atoms with van der Waals surface area (Å²) in [6.07, 6.45) is 2.92. The zero-order valence-electron chi connectivity index (χ0n) is 10.5. The molecule has 0 amide bonds. The van der Waals surface area contributed by atoms with E-state index in [9.17, 15) is 0 Å². The van der Waals surface area contributed by atoms with Crippen LogP contribution in [0.15, 0.2) is 18.5 Å². The molecule has 0 bridgehead atoms. The van der Waals surface area contributed by atoms with Gasteiger partial charge < -0.3 is 10.2 Å². The summed E-state index contributed by atoms with van der Waals surface area (Å²) in [5, 5.41) is 7.86. The summed E-state index contributed by atoms with van der Waals surface area (Å²) in [7, 11) is 0. The normalized spacial score (nSPS) is 27.1. The van der Waals surface area contributed by atoms with Crippen LogP contribution in [0.1, 0.15) is 12.0 Å². The van der Waals surface area contributed by atoms with E-state index in [1.165, 1.54) is 17.8 Å². The van der Waals surface area contributed by atoms with Crippen molar-refractivity contribution in [2.24, 2.45) is 5.92 Å². The van der Waals surface area contributed by atoms with Crippen LogP contribution in [0.2, 0.25) is 0 Å². The average molecular weight is 243 g/mol. The van der Waals surface area contributed by atoms with Gasteiger partial charge in [0.05, 0.1) is 0 Å². The Hall–Kier alpha value is -1.62. The van der Waals surface area contributed by atoms with Crippen molar-refractivity contribution in [1.29, 1.82) is 0 Å². The molecule has 2 aliphatic rings. The Morgan fingerprint density at radius 3 is 3.22 bits per heavy atom. The molecular weight excluding hydrogens is 226 g/mol. The molecule has 0 aromatic carbocycles. The number of aryl methyl sites for hydroxylation is 1. The molecular formula is C13H17N5. The topological polar surface area (TPSA) is 45.5 Å². The van der Waals surface area contributed by atoms with Gasteiger partial charge in [0.15, 0.2) is 5.65 Å². The van der Waals surface area contributed by atoms with E-state index >= 15 is 0 Å². The predicted molar refractivity (Wildman–Crippen MR) is 69.8 cm³/mol. The Labute approximate surface area is 106 Å². The predicted octanol–water partition coefficient (Wildman–Crippen LogP) is 0.836. The molecule has 0 spiro atoms. The molecule has 2 aromatic rings. The van der Waals surface area contributed by atoms with Crippen LogP contribution in [0, 0.1) is 12.8 Å². The summed E-state index contributed by atoms with van der Waals surface area (Å²) < 4.78 is 1.97. The molecule has 0 unspecified atom stereocenters. The Kier molecular flexibility index (Phi) is 2.11. The molecule has 18 heavy (non-hydrogen) atoms. The zero-order chi connectivity index (χ0) is 12.1. The molecule has 94 valence electrons. The van der Waals surface area contributed by atoms with Crippen molar-refractivity contribution in [2.45, 2.75) is 19.4 Å². The first-order valence-electron chi connectivity index (χ1n) is 6.61. The van der Waals surface area contributed by atoms with E-state index in [4.69, 9.17) is 0 Å². The van der Waals surface area contributed by atoms with E-state index < -0.39 is 0 Å². The molecule has 2 aromatic heterocycles. The van der Waals surface area contributed by atoms with Gasteiger partial charge in [0.25, 0.3) is 0 Å². The number of anilines is 1. The monoisotopic (exact) mass is 243 g/mol. The minimum absolute atomic E-state index is 0.624. The van der Waals surface area contributed by atoms with Crippen LogP contribution < -0.4 is 10.2 Å². The minimum atomic E-state index is 0.624. The maximum atomic E-state index is 4.36. The summed E-state index contributed by atoms with van der Waals surface area (Å²) >= 11 is 0. The summed E-state index contributed by atoms with van der Waals surface area (Å²) in [6.45, 7) is 5.51. The lowest BCUT2D eigenvalue weighted by Crippen LogP contribution is -2.35. The Morgan fingerprint density at radius 1 is 1.33 bits per heavy atom. The fourth-order valence-corrected chi connectivity index (χ4v) is 3.37. The van der Waals surface area contributed by atoms with Gasteiger partial charge in [-0.3, -0.25) is 0 Å². The molecule has 5 nitrogen and oxygen atoms in total. The highest BCUT2D eigenvalue weighted by Gasteiger charge is 2.38. The van der Waals surface area contributed by atoms with Gasteiger partial charge in [-0.2, -0.15) is 9.61 Å². The van der Waals surface area contributed by atoms with Crippen LogP contribution >= 0.6 is 0 Å². The van der Waals surface area contributed by atoms with E-state index in [2.05, 4.69) is 39.4 Å². The second-order valence-electron chi connectivity index (χ2n) is 5.39. The second-order valence-corrected chi connectivity index (χ2v) is 5.39. The number of rotatable bonds is 1. The molecule has 5 heteroatoms. The van der Waals surface area contributed by atoms with Gasteiger partial charge in [0.2, 0.25) is 0 Å². The summed E-state index contributed by atoms with van der Waals surface area (Å²) in [6, 6.07) is 4.93. The van der Waals surface area contributed by atoms with Crippen LogP contribution in [0.4, 0.5) is 5.82 Å². The number of aromatic nitrogens is 3. The number of hydrogen-bond acceptors (Lipinski definition) is 4. The molecule has 2 aliphatic heterocycles. The fourth-order valence-electron chi connectivity index (χ4n) is 3.37. The van der Waals surface area contributed by atoms with Gasteiger partial charge in [0, 0.05) is 25.7 Å². The van der Waals surface area contributed by atoms with Crippen molar-refractivity contribution in [3.63, 3.8) is 0 Å². The lowest BCUT2D eigenvalue weighted by Gasteiger charge is -2.26. The number of hydrogen-bond donors (Lipinski definition) is 1. The highest BCUT2D eigenvalue weighted by molar-refractivity contribution is 5.54. The van der Waals surface area contributed by atoms with Gasteiger partial charge in [0.1, 0.15) is 12.1 Å². The molecule has 4 rings (SSSR count). The van der Waals surface area contributed by atoms with Gasteiger partial charge in [-0.05, 0) is 37.0 Å². The zero-order valence-corrected chi connectivity index (χ0v) is 10.5. The molecule has 0 radical (unpaired) electrons. The molecule has 0 saturated carbocycles. The largest absolute Gasteiger partial charge is 0.352 e. The van der Waals surface area contributed by atoms with E-state index in [1.54, 1.807) is 6.33 Å². The van der Waals surface area contributed by atoms with E-state index in [0.29, 0.717) is 6.04 Å². The smallest absolute Gasteiger partial charge is 0.157 e. The van der Waals surface area contributed by atoms with E-state index in [1.807, 2.05) is 4.52 Å². The van der Waals surface area contributed by atoms with E-state index in [-0.39, 0.29) is 0 Å². The van der Waals surface area contributed by atoms with Crippen LogP contribution in [0.25, 0.3) is 5.65 Å². The van der Waals surface area contributed by atoms with Crippen molar-refractivity contribution >= 4 is 11.5 Å². The Morgan fingerprint density at radius 2 is 2.28 bits per heavy atom. The SMILES string of the molecule is Cc1cc(N2CC[C@H]3CNC[C@H]32)n2ncnc2c1. The lowest BCUT2D eigenvalue weighted by molar-refractivity contribution is 0.576. The Bertz CT molecular complexity index is 590. The van der Waals surface area contributed by atoms with Gasteiger partial charge in [-0.25, -0.2) is 4.98 Å². The van der Waals surface area contributed by atoms with Crippen LogP contribution in [-0.4, -0.2) is 40.3 Å². The number of fused-ring (bicyclic) bond motifs is 2. The summed E-state index contributed by atoms with van der Waals surface area (Å²) in [5.74, 6) is 1.99. The third kappa shape index (κ3) is 1.37. The van der Waals surface area contributed by atoms with Crippen LogP contribution in [0.3, 0.4) is 0 Å². The second kappa shape index (κ2) is 3.68. The van der Waals surface area contributed by atoms with Crippen molar-refractivity contribution in [3.05, 3.63) is 24.0 Å². The van der Waals surface area contributed by atoms with Crippen LogP contribution in [0.5, 0.6) is 0 Å². The first-order valence-corrected chi connectivity index (χ1v) is 6.61. The van der Waals surface area contributed by atoms with Crippen LogP contribution in [-0.2, 0) is 0 Å². The summed E-state index contributed by atoms with van der Waals surface area (Å²) in [5.41, 5.74) is 2.19. The maximum absolute atomic E-state index is 4.36. The lowest BCUT2D eigenvalue weighted by atomic mass is 10.1. The number of nitrogens with zero attached hydrogens (tertiary/aromatic N) is 4. The molecule has 1 N–H and O–H groups in total. The minimum Gasteiger partial charge on any atom is -0.352 e. The van der Waals surface area contributed by atoms with Crippen molar-refractivity contribution in [3.8, 4) is 0 Å². The van der Waals surface area contributed by atoms with E-state index in [0.717, 1.165) is 31.2 Å². The first kappa shape index (κ1) is 10.3. The third-order valence-electron chi connectivity index (χ3n) is 4.24. The van der Waals surface area contributed by atoms with Crippen molar-refractivity contribution in [1.82, 2.24) is 19.9 Å². The van der Waals surface area contributed by atoms with Gasteiger partial charge >= 0.3 is 0 Å². The number of pyridine rings is 1. The van der Waals surface area contributed by atoms with Gasteiger partial charge in [-0.15, -0.1) is 0 Å². The fraction of sp³-hybridized carbons (Fsp3) is 0.538. The molecule has 2 saturated heterocycles. The quantitative estimate of drug-likeness (QED) is 0.806. The average Bonchev–Trinajstić information content (AvgIpc) is 3.02. The highest BCUT2D eigenvalue weighted by Crippen LogP contribution is 2.32. The molecule has 2 fully saturated rings. The van der Waals surface area contributed by atoms with Gasteiger partial charge in [-0.1, -0.05) is 0 Å². The number of nitrogens with one attached hydrogen (secondary N) is 1. The van der Waals surface area contributed by atoms with Crippen molar-refractivity contribution < 1.29 is 0 Å². The third-order valence-corrected chi connectivity index (χ3v) is 4.24. The molecule has 0 aliphatic carbocycles. The van der Waals surface area contributed by atoms with Crippen molar-refractivity contribution in [2.75, 3.05) is 24.5 Å². The highest BCUT2D eigenvalue weighted by atomic mass is 15.4. The molecule has 4 heterocycles. The standard InChI is InChI=1S/C13H17N5/c1-9-4-12-15-8-16-18(12)13(5-9)17-3-2-10-6-14-7-11(10)17/h4-5,8,10-11,14H,2-3,6-7H2,1H3/t10-,11+/m0/s1. The molecule has 2 atom stereocenters.